The summed E-state index contributed by atoms with van der Waals surface area (Å²) in [6.07, 6.45) is 0.195. The van der Waals surface area contributed by atoms with Crippen LogP contribution in [0.15, 0.2) is 48.5 Å². The van der Waals surface area contributed by atoms with Gasteiger partial charge in [-0.15, -0.1) is 0 Å². The van der Waals surface area contributed by atoms with Gasteiger partial charge in [0, 0.05) is 19.7 Å². The van der Waals surface area contributed by atoms with Crippen molar-refractivity contribution in [3.8, 4) is 16.9 Å². The molecule has 0 radical (unpaired) electrons. The van der Waals surface area contributed by atoms with Gasteiger partial charge >= 0.3 is 6.03 Å². The monoisotopic (exact) mass is 369 g/mol. The summed E-state index contributed by atoms with van der Waals surface area (Å²) < 4.78 is 5.37. The third-order valence-corrected chi connectivity index (χ3v) is 4.54. The second-order valence-electron chi connectivity index (χ2n) is 6.22. The molecule has 0 spiro atoms. The minimum absolute atomic E-state index is 0.172. The minimum Gasteiger partial charge on any atom is -0.495 e. The van der Waals surface area contributed by atoms with E-state index in [2.05, 4.69) is 10.6 Å². The molecule has 2 aromatic carbocycles. The predicted molar refractivity (Wildman–Crippen MR) is 103 cm³/mol. The molecule has 1 saturated heterocycles. The van der Waals surface area contributed by atoms with Crippen LogP contribution in [-0.2, 0) is 4.79 Å². The van der Waals surface area contributed by atoms with Gasteiger partial charge < -0.3 is 25.4 Å². The Bertz CT molecular complexity index is 810. The Morgan fingerprint density at radius 3 is 2.74 bits per heavy atom. The van der Waals surface area contributed by atoms with Crippen molar-refractivity contribution in [2.45, 2.75) is 12.5 Å². The smallest absolute Gasteiger partial charge is 0.322 e. The number of aliphatic hydroxyl groups excluding tert-OH is 1. The normalized spacial score (nSPS) is 16.6. The number of benzene rings is 2. The van der Waals surface area contributed by atoms with Crippen LogP contribution < -0.4 is 15.4 Å². The molecule has 0 saturated carbocycles. The van der Waals surface area contributed by atoms with E-state index < -0.39 is 12.1 Å². The van der Waals surface area contributed by atoms with Crippen LogP contribution in [0.3, 0.4) is 0 Å². The van der Waals surface area contributed by atoms with Gasteiger partial charge in [0.15, 0.2) is 0 Å². The zero-order chi connectivity index (χ0) is 19.2. The first-order chi connectivity index (χ1) is 13.1. The Morgan fingerprint density at radius 1 is 1.26 bits per heavy atom. The van der Waals surface area contributed by atoms with E-state index in [-0.39, 0.29) is 18.9 Å². The van der Waals surface area contributed by atoms with Gasteiger partial charge in [-0.05, 0) is 29.7 Å². The lowest BCUT2D eigenvalue weighted by molar-refractivity contribution is -0.128. The quantitative estimate of drug-likeness (QED) is 0.753. The number of carbonyl (C=O) groups excluding carboxylic acids is 2. The summed E-state index contributed by atoms with van der Waals surface area (Å²) in [5.74, 6) is 0.277. The fraction of sp³-hybridized carbons (Fsp3) is 0.300. The number of ether oxygens (including phenoxy) is 1. The number of anilines is 1. The molecule has 1 atom stereocenters. The predicted octanol–water partition coefficient (Wildman–Crippen LogP) is 2.08. The average Bonchev–Trinajstić information content (AvgIpc) is 2.70. The zero-order valence-corrected chi connectivity index (χ0v) is 15.1. The summed E-state index contributed by atoms with van der Waals surface area (Å²) in [5, 5.41) is 14.8. The van der Waals surface area contributed by atoms with Crippen LogP contribution in [0.2, 0.25) is 0 Å². The van der Waals surface area contributed by atoms with Gasteiger partial charge in [-0.3, -0.25) is 4.79 Å². The van der Waals surface area contributed by atoms with Crippen molar-refractivity contribution < 1.29 is 19.4 Å². The number of amides is 3. The Morgan fingerprint density at radius 2 is 2.04 bits per heavy atom. The molecule has 0 aromatic heterocycles. The molecule has 2 aromatic rings. The molecule has 3 rings (SSSR count). The van der Waals surface area contributed by atoms with E-state index in [1.807, 2.05) is 42.5 Å². The summed E-state index contributed by atoms with van der Waals surface area (Å²) in [7, 11) is 1.54. The van der Waals surface area contributed by atoms with Crippen molar-refractivity contribution >= 4 is 17.6 Å². The fourth-order valence-corrected chi connectivity index (χ4v) is 3.17. The number of methoxy groups -OCH3 is 1. The molecule has 3 amide bonds. The van der Waals surface area contributed by atoms with Gasteiger partial charge in [0.2, 0.25) is 5.91 Å². The second-order valence-corrected chi connectivity index (χ2v) is 6.22. The van der Waals surface area contributed by atoms with E-state index in [0.717, 1.165) is 11.1 Å². The van der Waals surface area contributed by atoms with Crippen molar-refractivity contribution in [2.24, 2.45) is 0 Å². The third kappa shape index (κ3) is 4.20. The summed E-state index contributed by atoms with van der Waals surface area (Å²) in [6.45, 7) is 0.590. The maximum absolute atomic E-state index is 12.8. The van der Waals surface area contributed by atoms with Crippen molar-refractivity contribution in [3.63, 3.8) is 0 Å². The van der Waals surface area contributed by atoms with Crippen LogP contribution in [-0.4, -0.2) is 54.8 Å². The molecule has 0 aliphatic carbocycles. The lowest BCUT2D eigenvalue weighted by atomic mass is 10.0. The van der Waals surface area contributed by atoms with Crippen LogP contribution in [0.4, 0.5) is 10.5 Å². The van der Waals surface area contributed by atoms with Crippen LogP contribution in [0.1, 0.15) is 6.42 Å². The number of aliphatic hydroxyl groups is 1. The molecule has 7 heteroatoms. The summed E-state index contributed by atoms with van der Waals surface area (Å²) in [6, 6.07) is 14.3. The molecular formula is C20H23N3O4. The van der Waals surface area contributed by atoms with Crippen LogP contribution in [0.5, 0.6) is 5.75 Å². The van der Waals surface area contributed by atoms with Crippen LogP contribution in [0, 0.1) is 0 Å². The number of nitrogens with one attached hydrogen (secondary N) is 2. The largest absolute Gasteiger partial charge is 0.495 e. The van der Waals surface area contributed by atoms with Crippen molar-refractivity contribution in [2.75, 3.05) is 32.1 Å². The van der Waals surface area contributed by atoms with E-state index in [1.54, 1.807) is 6.07 Å². The SMILES string of the molecule is COc1ccc(-c2ccccc2)cc1NC(=O)N1CCNC(=O)[C@@H]1CCO. The minimum atomic E-state index is -0.688. The number of hydrogen-bond acceptors (Lipinski definition) is 4. The Labute approximate surface area is 157 Å². The molecule has 1 heterocycles. The van der Waals surface area contributed by atoms with Crippen molar-refractivity contribution in [3.05, 3.63) is 48.5 Å². The van der Waals surface area contributed by atoms with E-state index in [1.165, 1.54) is 12.0 Å². The Kier molecular flexibility index (Phi) is 5.93. The highest BCUT2D eigenvalue weighted by Crippen LogP contribution is 2.31. The van der Waals surface area contributed by atoms with Gasteiger partial charge in [-0.25, -0.2) is 4.79 Å². The number of nitrogens with zero attached hydrogens (tertiary/aromatic N) is 1. The first-order valence-corrected chi connectivity index (χ1v) is 8.83. The molecule has 3 N–H and O–H groups in total. The number of hydrogen-bond donors (Lipinski definition) is 3. The van der Waals surface area contributed by atoms with Crippen molar-refractivity contribution in [1.29, 1.82) is 0 Å². The summed E-state index contributed by atoms with van der Waals surface area (Å²) >= 11 is 0. The molecule has 0 unspecified atom stereocenters. The summed E-state index contributed by atoms with van der Waals surface area (Å²) in [4.78, 5) is 26.3. The van der Waals surface area contributed by atoms with Crippen LogP contribution >= 0.6 is 0 Å². The molecule has 27 heavy (non-hydrogen) atoms. The summed E-state index contributed by atoms with van der Waals surface area (Å²) in [5.41, 5.74) is 2.48. The first-order valence-electron chi connectivity index (χ1n) is 8.83. The third-order valence-electron chi connectivity index (χ3n) is 4.54. The van der Waals surface area contributed by atoms with Gasteiger partial charge in [0.05, 0.1) is 12.8 Å². The maximum Gasteiger partial charge on any atom is 0.322 e. The van der Waals surface area contributed by atoms with Crippen molar-refractivity contribution in [1.82, 2.24) is 10.2 Å². The van der Waals surface area contributed by atoms with Gasteiger partial charge in [0.1, 0.15) is 11.8 Å². The maximum atomic E-state index is 12.8. The highest BCUT2D eigenvalue weighted by Gasteiger charge is 2.32. The lowest BCUT2D eigenvalue weighted by Gasteiger charge is -2.34. The van der Waals surface area contributed by atoms with E-state index in [9.17, 15) is 14.7 Å². The number of rotatable bonds is 5. The molecular weight excluding hydrogens is 346 g/mol. The molecule has 0 bridgehead atoms. The van der Waals surface area contributed by atoms with Gasteiger partial charge in [-0.2, -0.15) is 0 Å². The average molecular weight is 369 g/mol. The first kappa shape index (κ1) is 18.7. The second kappa shape index (κ2) is 8.55. The number of urea groups is 1. The van der Waals surface area contributed by atoms with Gasteiger partial charge in [-0.1, -0.05) is 36.4 Å². The topological polar surface area (TPSA) is 90.9 Å². The Hall–Kier alpha value is -3.06. The van der Waals surface area contributed by atoms with Gasteiger partial charge in [0.25, 0.3) is 0 Å². The molecule has 7 nitrogen and oxygen atoms in total. The lowest BCUT2D eigenvalue weighted by Crippen LogP contribution is -2.58. The van der Waals surface area contributed by atoms with E-state index in [4.69, 9.17) is 4.74 Å². The molecule has 1 aliphatic rings. The van der Waals surface area contributed by atoms with E-state index in [0.29, 0.717) is 24.5 Å². The number of carbonyl (C=O) groups is 2. The molecule has 1 fully saturated rings. The fourth-order valence-electron chi connectivity index (χ4n) is 3.17. The van der Waals surface area contributed by atoms with E-state index >= 15 is 0 Å². The molecule has 1 aliphatic heterocycles. The highest BCUT2D eigenvalue weighted by molar-refractivity contribution is 5.96. The Balaban J connectivity index is 1.85. The standard InChI is InChI=1S/C20H23N3O4/c1-27-18-8-7-15(14-5-3-2-4-6-14)13-16(18)22-20(26)23-11-10-21-19(25)17(23)9-12-24/h2-8,13,17,24H,9-12H2,1H3,(H,21,25)(H,22,26)/t17-/m0/s1. The number of piperazine rings is 1. The van der Waals surface area contributed by atoms with Crippen LogP contribution in [0.25, 0.3) is 11.1 Å². The zero-order valence-electron chi connectivity index (χ0n) is 15.1. The highest BCUT2D eigenvalue weighted by atomic mass is 16.5. The molecule has 142 valence electrons.